The van der Waals surface area contributed by atoms with Crippen LogP contribution in [-0.2, 0) is 16.6 Å². The van der Waals surface area contributed by atoms with Crippen LogP contribution in [0, 0.1) is 6.92 Å². The van der Waals surface area contributed by atoms with E-state index in [-0.39, 0.29) is 4.90 Å². The minimum atomic E-state index is -3.69. The van der Waals surface area contributed by atoms with Crippen molar-refractivity contribution in [2.75, 3.05) is 6.54 Å². The largest absolute Gasteiger partial charge is 0.313 e. The molecule has 3 aromatic rings. The zero-order valence-corrected chi connectivity index (χ0v) is 15.2. The van der Waals surface area contributed by atoms with Crippen molar-refractivity contribution in [2.45, 2.75) is 25.3 Å². The van der Waals surface area contributed by atoms with Gasteiger partial charge in [0.2, 0.25) is 0 Å². The highest BCUT2D eigenvalue weighted by Gasteiger charge is 2.22. The van der Waals surface area contributed by atoms with Gasteiger partial charge in [-0.3, -0.25) is 4.98 Å². The highest BCUT2D eigenvalue weighted by atomic mass is 32.2. The fraction of sp³-hybridized carbons (Fsp3) is 0.235. The number of aryl methyl sites for hydroxylation is 1. The molecule has 7 heteroatoms. The van der Waals surface area contributed by atoms with E-state index in [0.29, 0.717) is 12.2 Å². The minimum Gasteiger partial charge on any atom is -0.313 e. The van der Waals surface area contributed by atoms with Crippen LogP contribution < -0.4 is 5.32 Å². The molecule has 0 radical (unpaired) electrons. The molecule has 0 aliphatic carbocycles. The fourth-order valence-electron chi connectivity index (χ4n) is 2.49. The van der Waals surface area contributed by atoms with Crippen LogP contribution in [0.25, 0.3) is 11.3 Å². The first-order valence-electron chi connectivity index (χ1n) is 7.64. The van der Waals surface area contributed by atoms with Crippen molar-refractivity contribution < 1.29 is 8.42 Å². The third-order valence-electron chi connectivity index (χ3n) is 3.74. The topological polar surface area (TPSA) is 64.0 Å². The van der Waals surface area contributed by atoms with Gasteiger partial charge in [-0.05, 0) is 48.2 Å². The number of pyridine rings is 1. The van der Waals surface area contributed by atoms with E-state index < -0.39 is 10.0 Å². The fourth-order valence-corrected chi connectivity index (χ4v) is 4.69. The molecule has 126 valence electrons. The first-order chi connectivity index (χ1) is 11.5. The van der Waals surface area contributed by atoms with Gasteiger partial charge in [-0.15, -0.1) is 0 Å². The zero-order valence-electron chi connectivity index (χ0n) is 13.6. The van der Waals surface area contributed by atoms with Crippen molar-refractivity contribution in [2.24, 2.45) is 0 Å². The zero-order chi connectivity index (χ0) is 17.2. The van der Waals surface area contributed by atoms with Crippen LogP contribution in [0.1, 0.15) is 18.1 Å². The van der Waals surface area contributed by atoms with Crippen LogP contribution in [0.4, 0.5) is 0 Å². The van der Waals surface area contributed by atoms with E-state index in [2.05, 4.69) is 10.3 Å². The molecule has 3 aromatic heterocycles. The summed E-state index contributed by atoms with van der Waals surface area (Å²) in [5.74, 6) is 0. The molecule has 24 heavy (non-hydrogen) atoms. The molecule has 0 saturated carbocycles. The number of aromatic nitrogens is 2. The molecular formula is C17H19N3O2S2. The molecule has 0 spiro atoms. The molecule has 3 rings (SSSR count). The quantitative estimate of drug-likeness (QED) is 0.732. The van der Waals surface area contributed by atoms with Crippen molar-refractivity contribution in [3.8, 4) is 11.3 Å². The van der Waals surface area contributed by atoms with E-state index in [1.165, 1.54) is 10.2 Å². The Morgan fingerprint density at radius 3 is 2.79 bits per heavy atom. The summed E-state index contributed by atoms with van der Waals surface area (Å²) in [4.78, 5) is 4.12. The number of nitrogens with zero attached hydrogens (tertiary/aromatic N) is 2. The average molecular weight is 361 g/mol. The molecule has 0 aromatic carbocycles. The molecule has 0 unspecified atom stereocenters. The lowest BCUT2D eigenvalue weighted by Gasteiger charge is -2.10. The maximum Gasteiger partial charge on any atom is 0.269 e. The molecule has 1 N–H and O–H groups in total. The minimum absolute atomic E-state index is 0.185. The van der Waals surface area contributed by atoms with Crippen molar-refractivity contribution in [3.05, 3.63) is 58.7 Å². The van der Waals surface area contributed by atoms with E-state index in [9.17, 15) is 8.42 Å². The van der Waals surface area contributed by atoms with Gasteiger partial charge >= 0.3 is 0 Å². The first kappa shape index (κ1) is 16.9. The third kappa shape index (κ3) is 3.15. The molecule has 0 amide bonds. The summed E-state index contributed by atoms with van der Waals surface area (Å²) in [6, 6.07) is 5.13. The van der Waals surface area contributed by atoms with Crippen LogP contribution in [0.3, 0.4) is 0 Å². The van der Waals surface area contributed by atoms with Crippen molar-refractivity contribution in [1.29, 1.82) is 0 Å². The van der Waals surface area contributed by atoms with Gasteiger partial charge in [-0.25, -0.2) is 12.4 Å². The Hall–Kier alpha value is -1.96. The summed E-state index contributed by atoms with van der Waals surface area (Å²) in [6.45, 7) is 5.47. The average Bonchev–Trinajstić information content (AvgIpc) is 3.20. The molecule has 0 saturated heterocycles. The molecular weight excluding hydrogens is 342 g/mol. The number of hydrogen-bond donors (Lipinski definition) is 1. The summed E-state index contributed by atoms with van der Waals surface area (Å²) in [7, 11) is -3.69. The van der Waals surface area contributed by atoms with Crippen LogP contribution in [0.5, 0.6) is 0 Å². The molecule has 0 fully saturated rings. The summed E-state index contributed by atoms with van der Waals surface area (Å²) in [6.07, 6.45) is 4.64. The molecule has 0 aliphatic heterocycles. The summed E-state index contributed by atoms with van der Waals surface area (Å²) < 4.78 is 27.5. The highest BCUT2D eigenvalue weighted by Crippen LogP contribution is 2.31. The van der Waals surface area contributed by atoms with E-state index >= 15 is 0 Å². The summed E-state index contributed by atoms with van der Waals surface area (Å²) >= 11 is 1.57. The van der Waals surface area contributed by atoms with Gasteiger partial charge in [0.15, 0.2) is 0 Å². The van der Waals surface area contributed by atoms with Gasteiger partial charge in [0.25, 0.3) is 10.0 Å². The van der Waals surface area contributed by atoms with Crippen LogP contribution >= 0.6 is 11.3 Å². The van der Waals surface area contributed by atoms with Crippen LogP contribution in [0.15, 0.2) is 52.4 Å². The Balaban J connectivity index is 2.16. The highest BCUT2D eigenvalue weighted by molar-refractivity contribution is 7.90. The molecule has 5 nitrogen and oxygen atoms in total. The van der Waals surface area contributed by atoms with E-state index in [1.807, 2.05) is 30.7 Å². The lowest BCUT2D eigenvalue weighted by Crippen LogP contribution is -2.14. The van der Waals surface area contributed by atoms with Gasteiger partial charge in [-0.2, -0.15) is 11.3 Å². The Morgan fingerprint density at radius 1 is 1.33 bits per heavy atom. The Kier molecular flexibility index (Phi) is 4.84. The van der Waals surface area contributed by atoms with Crippen molar-refractivity contribution in [1.82, 2.24) is 14.3 Å². The lowest BCUT2D eigenvalue weighted by molar-refractivity contribution is 0.587. The predicted molar refractivity (Wildman–Crippen MR) is 96.7 cm³/mol. The second-order valence-electron chi connectivity index (χ2n) is 5.47. The molecule has 0 bridgehead atoms. The number of nitrogens with one attached hydrogen (secondary N) is 1. The summed E-state index contributed by atoms with van der Waals surface area (Å²) in [5, 5.41) is 7.24. The second-order valence-corrected chi connectivity index (χ2v) is 8.03. The summed E-state index contributed by atoms with van der Waals surface area (Å²) in [5.41, 5.74) is 3.63. The Labute approximate surface area is 146 Å². The van der Waals surface area contributed by atoms with Gasteiger partial charge in [-0.1, -0.05) is 6.92 Å². The van der Waals surface area contributed by atoms with Crippen LogP contribution in [0.2, 0.25) is 0 Å². The number of rotatable bonds is 6. The van der Waals surface area contributed by atoms with Gasteiger partial charge in [0.05, 0.1) is 5.69 Å². The van der Waals surface area contributed by atoms with Gasteiger partial charge in [0.1, 0.15) is 4.90 Å². The van der Waals surface area contributed by atoms with Gasteiger partial charge < -0.3 is 5.32 Å². The Morgan fingerprint density at radius 2 is 2.17 bits per heavy atom. The monoisotopic (exact) mass is 361 g/mol. The van der Waals surface area contributed by atoms with Gasteiger partial charge in [0, 0.05) is 36.1 Å². The lowest BCUT2D eigenvalue weighted by atomic mass is 10.1. The SMILES string of the molecule is CCNCc1cc(-c2cscc2C)n(S(=O)(=O)c2cccnc2)c1. The number of hydrogen-bond acceptors (Lipinski definition) is 5. The standard InChI is InChI=1S/C17H19N3O2S2/c1-3-18-8-14-7-17(16-12-23-11-13(16)2)20(10-14)24(21,22)15-5-4-6-19-9-15/h4-7,9-12,18H,3,8H2,1-2H3. The first-order valence-corrected chi connectivity index (χ1v) is 10.0. The smallest absolute Gasteiger partial charge is 0.269 e. The predicted octanol–water partition coefficient (Wildman–Crippen LogP) is 3.27. The van der Waals surface area contributed by atoms with Crippen molar-refractivity contribution >= 4 is 21.4 Å². The molecule has 3 heterocycles. The van der Waals surface area contributed by atoms with E-state index in [1.54, 1.807) is 35.9 Å². The molecule has 0 aliphatic rings. The normalized spacial score (nSPS) is 11.8. The maximum atomic E-state index is 13.1. The van der Waals surface area contributed by atoms with Crippen molar-refractivity contribution in [3.63, 3.8) is 0 Å². The Bertz CT molecular complexity index is 928. The number of thiophene rings is 1. The van der Waals surface area contributed by atoms with Crippen LogP contribution in [-0.4, -0.2) is 23.9 Å². The maximum absolute atomic E-state index is 13.1. The molecule has 0 atom stereocenters. The van der Waals surface area contributed by atoms with E-state index in [4.69, 9.17) is 0 Å². The third-order valence-corrected chi connectivity index (χ3v) is 6.26. The van der Waals surface area contributed by atoms with E-state index in [0.717, 1.165) is 23.2 Å². The second kappa shape index (κ2) is 6.88.